The fourth-order valence-corrected chi connectivity index (χ4v) is 3.43. The number of fused-ring (bicyclic) bond motifs is 2. The molecule has 2 aromatic carbocycles. The maximum absolute atomic E-state index is 4.76. The third-order valence-electron chi connectivity index (χ3n) is 4.67. The second kappa shape index (κ2) is 5.81. The van der Waals surface area contributed by atoms with Gasteiger partial charge in [-0.15, -0.1) is 0 Å². The highest BCUT2D eigenvalue weighted by Gasteiger charge is 2.08. The topological polar surface area (TPSA) is 30.2 Å². The van der Waals surface area contributed by atoms with E-state index in [2.05, 4.69) is 65.0 Å². The minimum Gasteiger partial charge on any atom is -0.306 e. The van der Waals surface area contributed by atoms with Crippen LogP contribution in [0.3, 0.4) is 0 Å². The lowest BCUT2D eigenvalue weighted by molar-refractivity contribution is 1.19. The minimum absolute atomic E-state index is 0.960. The summed E-state index contributed by atoms with van der Waals surface area (Å²) in [5, 5.41) is 1.15. The number of imidazole rings is 1. The van der Waals surface area contributed by atoms with Crippen molar-refractivity contribution in [2.75, 3.05) is 0 Å². The van der Waals surface area contributed by atoms with Gasteiger partial charge in [-0.2, -0.15) is 0 Å². The van der Waals surface area contributed by atoms with Crippen molar-refractivity contribution >= 4 is 16.6 Å². The molecule has 0 aliphatic rings. The molecule has 124 valence electrons. The Bertz CT molecular complexity index is 1220. The summed E-state index contributed by atoms with van der Waals surface area (Å²) in [6.45, 7) is 2.13. The molecule has 0 spiro atoms. The molecule has 5 rings (SSSR count). The molecule has 0 saturated carbocycles. The van der Waals surface area contributed by atoms with Gasteiger partial charge in [-0.1, -0.05) is 24.3 Å². The molecule has 0 N–H and O–H groups in total. The van der Waals surface area contributed by atoms with Gasteiger partial charge in [0.15, 0.2) is 0 Å². The van der Waals surface area contributed by atoms with Crippen molar-refractivity contribution in [1.82, 2.24) is 14.4 Å². The normalized spacial score (nSPS) is 11.3. The number of aryl methyl sites for hydroxylation is 1. The number of nitrogens with zero attached hydrogens (tertiary/aromatic N) is 3. The van der Waals surface area contributed by atoms with E-state index in [4.69, 9.17) is 4.98 Å². The first-order chi connectivity index (χ1) is 12.8. The van der Waals surface area contributed by atoms with Gasteiger partial charge in [0.25, 0.3) is 0 Å². The van der Waals surface area contributed by atoms with E-state index >= 15 is 0 Å². The molecular formula is C23H17N3. The molecule has 0 aliphatic heterocycles. The summed E-state index contributed by atoms with van der Waals surface area (Å²) in [5.41, 5.74) is 7.72. The Hall–Kier alpha value is -3.46. The second-order valence-corrected chi connectivity index (χ2v) is 6.59. The molecule has 3 heteroatoms. The molecule has 0 saturated heterocycles. The number of aromatic nitrogens is 3. The maximum Gasteiger partial charge on any atom is 0.137 e. The van der Waals surface area contributed by atoms with Crippen molar-refractivity contribution in [1.29, 1.82) is 0 Å². The largest absolute Gasteiger partial charge is 0.306 e. The maximum atomic E-state index is 4.76. The molecule has 26 heavy (non-hydrogen) atoms. The first kappa shape index (κ1) is 14.8. The van der Waals surface area contributed by atoms with Crippen molar-refractivity contribution in [2.24, 2.45) is 0 Å². The van der Waals surface area contributed by atoms with Crippen molar-refractivity contribution in [3.63, 3.8) is 0 Å². The summed E-state index contributed by atoms with van der Waals surface area (Å²) in [6, 6.07) is 23.2. The smallest absolute Gasteiger partial charge is 0.137 e. The van der Waals surface area contributed by atoms with Crippen LogP contribution in [0.1, 0.15) is 5.56 Å². The van der Waals surface area contributed by atoms with E-state index < -0.39 is 0 Å². The molecule has 0 amide bonds. The van der Waals surface area contributed by atoms with Crippen molar-refractivity contribution in [2.45, 2.75) is 6.92 Å². The van der Waals surface area contributed by atoms with E-state index in [1.54, 1.807) is 0 Å². The Kier molecular flexibility index (Phi) is 3.32. The molecule has 5 aromatic rings. The quantitative estimate of drug-likeness (QED) is 0.425. The summed E-state index contributed by atoms with van der Waals surface area (Å²) in [5.74, 6) is 0. The SMILES string of the molecule is Cc1cc(-c2ccc3ncccc3c2)cc(-c2cn3ccccc3n2)c1. The summed E-state index contributed by atoms with van der Waals surface area (Å²) in [6.07, 6.45) is 5.94. The van der Waals surface area contributed by atoms with Crippen LogP contribution in [0.25, 0.3) is 38.9 Å². The lowest BCUT2D eigenvalue weighted by Gasteiger charge is -2.08. The van der Waals surface area contributed by atoms with Crippen LogP contribution in [-0.2, 0) is 0 Å². The van der Waals surface area contributed by atoms with Crippen LogP contribution in [0.5, 0.6) is 0 Å². The second-order valence-electron chi connectivity index (χ2n) is 6.59. The lowest BCUT2D eigenvalue weighted by atomic mass is 9.98. The van der Waals surface area contributed by atoms with Crippen LogP contribution in [-0.4, -0.2) is 14.4 Å². The molecule has 0 aliphatic carbocycles. The average molecular weight is 335 g/mol. The van der Waals surface area contributed by atoms with E-state index in [1.165, 1.54) is 16.7 Å². The van der Waals surface area contributed by atoms with Gasteiger partial charge in [-0.25, -0.2) is 4.98 Å². The Labute approximate surface area is 151 Å². The van der Waals surface area contributed by atoms with Crippen LogP contribution in [0, 0.1) is 6.92 Å². The Morgan fingerprint density at radius 1 is 0.808 bits per heavy atom. The zero-order valence-electron chi connectivity index (χ0n) is 14.4. The predicted octanol–water partition coefficient (Wildman–Crippen LogP) is 5.52. The molecule has 3 heterocycles. The van der Waals surface area contributed by atoms with E-state index in [0.717, 1.165) is 27.8 Å². The van der Waals surface area contributed by atoms with Crippen LogP contribution in [0.2, 0.25) is 0 Å². The molecule has 0 bridgehead atoms. The number of hydrogen-bond acceptors (Lipinski definition) is 2. The van der Waals surface area contributed by atoms with Gasteiger partial charge in [0.1, 0.15) is 5.65 Å². The highest BCUT2D eigenvalue weighted by atomic mass is 15.0. The van der Waals surface area contributed by atoms with E-state index in [-0.39, 0.29) is 0 Å². The molecule has 0 atom stereocenters. The van der Waals surface area contributed by atoms with Crippen molar-refractivity contribution in [3.05, 3.63) is 90.9 Å². The fourth-order valence-electron chi connectivity index (χ4n) is 3.43. The third-order valence-corrected chi connectivity index (χ3v) is 4.67. The number of hydrogen-bond donors (Lipinski definition) is 0. The zero-order chi connectivity index (χ0) is 17.5. The molecular weight excluding hydrogens is 318 g/mol. The van der Waals surface area contributed by atoms with Gasteiger partial charge >= 0.3 is 0 Å². The fraction of sp³-hybridized carbons (Fsp3) is 0.0435. The van der Waals surface area contributed by atoms with Gasteiger partial charge in [0.05, 0.1) is 11.2 Å². The molecule has 3 nitrogen and oxygen atoms in total. The third kappa shape index (κ3) is 2.54. The van der Waals surface area contributed by atoms with E-state index in [1.807, 2.05) is 36.7 Å². The van der Waals surface area contributed by atoms with Gasteiger partial charge in [-0.3, -0.25) is 4.98 Å². The zero-order valence-corrected chi connectivity index (χ0v) is 14.4. The Morgan fingerprint density at radius 2 is 1.73 bits per heavy atom. The lowest BCUT2D eigenvalue weighted by Crippen LogP contribution is -1.86. The minimum atomic E-state index is 0.960. The van der Waals surface area contributed by atoms with Crippen LogP contribution in [0.4, 0.5) is 0 Å². The number of pyridine rings is 2. The first-order valence-electron chi connectivity index (χ1n) is 8.67. The monoisotopic (exact) mass is 335 g/mol. The standard InChI is InChI=1S/C23H17N3/c1-16-11-19(17-7-8-21-18(13-17)5-4-9-24-21)14-20(12-16)22-15-26-10-3-2-6-23(26)25-22/h2-15H,1H3. The first-order valence-corrected chi connectivity index (χ1v) is 8.67. The van der Waals surface area contributed by atoms with Crippen LogP contribution < -0.4 is 0 Å². The molecule has 0 fully saturated rings. The van der Waals surface area contributed by atoms with Crippen LogP contribution in [0.15, 0.2) is 85.3 Å². The number of rotatable bonds is 2. The number of benzene rings is 2. The van der Waals surface area contributed by atoms with Crippen LogP contribution >= 0.6 is 0 Å². The van der Waals surface area contributed by atoms with Gasteiger partial charge in [0.2, 0.25) is 0 Å². The predicted molar refractivity (Wildman–Crippen MR) is 106 cm³/mol. The Morgan fingerprint density at radius 3 is 2.65 bits per heavy atom. The average Bonchev–Trinajstić information content (AvgIpc) is 3.11. The molecule has 0 radical (unpaired) electrons. The molecule has 3 aromatic heterocycles. The van der Waals surface area contributed by atoms with E-state index in [0.29, 0.717) is 0 Å². The highest BCUT2D eigenvalue weighted by Crippen LogP contribution is 2.29. The van der Waals surface area contributed by atoms with Crippen molar-refractivity contribution in [3.8, 4) is 22.4 Å². The highest BCUT2D eigenvalue weighted by molar-refractivity contribution is 5.85. The summed E-state index contributed by atoms with van der Waals surface area (Å²) in [4.78, 5) is 9.17. The molecule has 0 unspecified atom stereocenters. The van der Waals surface area contributed by atoms with Gasteiger partial charge in [0, 0.05) is 29.5 Å². The summed E-state index contributed by atoms with van der Waals surface area (Å²) in [7, 11) is 0. The van der Waals surface area contributed by atoms with Gasteiger partial charge in [-0.05, 0) is 66.1 Å². The summed E-state index contributed by atoms with van der Waals surface area (Å²) < 4.78 is 2.05. The summed E-state index contributed by atoms with van der Waals surface area (Å²) >= 11 is 0. The van der Waals surface area contributed by atoms with Gasteiger partial charge < -0.3 is 4.40 Å². The Balaban J connectivity index is 1.65. The van der Waals surface area contributed by atoms with E-state index in [9.17, 15) is 0 Å². The van der Waals surface area contributed by atoms with Crippen molar-refractivity contribution < 1.29 is 0 Å².